The van der Waals surface area contributed by atoms with E-state index < -0.39 is 34.6 Å². The molecule has 1 amide bonds. The van der Waals surface area contributed by atoms with Crippen molar-refractivity contribution in [2.24, 2.45) is 0 Å². The summed E-state index contributed by atoms with van der Waals surface area (Å²) in [6, 6.07) is -0.739. The third kappa shape index (κ3) is 2.21. The van der Waals surface area contributed by atoms with E-state index in [0.717, 1.165) is 6.42 Å². The third-order valence-corrected chi connectivity index (χ3v) is 5.24. The van der Waals surface area contributed by atoms with E-state index in [1.165, 1.54) is 17.9 Å². The van der Waals surface area contributed by atoms with Crippen LogP contribution in [0, 0.1) is 0 Å². The zero-order chi connectivity index (χ0) is 19.2. The van der Waals surface area contributed by atoms with Crippen LogP contribution in [0.4, 0.5) is 0 Å². The molecule has 3 rings (SSSR count). The van der Waals surface area contributed by atoms with Crippen molar-refractivity contribution in [2.45, 2.75) is 44.5 Å². The summed E-state index contributed by atoms with van der Waals surface area (Å²) in [5, 5.41) is 9.37. The summed E-state index contributed by atoms with van der Waals surface area (Å²) in [4.78, 5) is 38.9. The van der Waals surface area contributed by atoms with Gasteiger partial charge in [0, 0.05) is 6.20 Å². The molecule has 1 fully saturated rings. The molecule has 1 N–H and O–H groups in total. The first-order chi connectivity index (χ1) is 12.3. The Hall–Kier alpha value is -2.61. The summed E-state index contributed by atoms with van der Waals surface area (Å²) < 4.78 is 12.7. The molecule has 8 heteroatoms. The summed E-state index contributed by atoms with van der Waals surface area (Å²) in [5.74, 6) is -2.06. The van der Waals surface area contributed by atoms with Gasteiger partial charge in [0.2, 0.25) is 5.43 Å². The minimum Gasteiger partial charge on any atom is -0.491 e. The number of aromatic nitrogens is 1. The van der Waals surface area contributed by atoms with Crippen LogP contribution in [0.3, 0.4) is 0 Å². The number of carbonyl (C=O) groups is 2. The second-order valence-electron chi connectivity index (χ2n) is 6.53. The van der Waals surface area contributed by atoms with Crippen LogP contribution in [-0.4, -0.2) is 51.9 Å². The fraction of sp³-hybridized carbons (Fsp3) is 0.500. The van der Waals surface area contributed by atoms with Crippen LogP contribution < -0.4 is 10.2 Å². The summed E-state index contributed by atoms with van der Waals surface area (Å²) >= 11 is 0. The molecule has 2 aliphatic heterocycles. The van der Waals surface area contributed by atoms with Gasteiger partial charge in [0.25, 0.3) is 5.91 Å². The van der Waals surface area contributed by atoms with Crippen LogP contribution >= 0.6 is 0 Å². The van der Waals surface area contributed by atoms with E-state index in [4.69, 9.17) is 9.47 Å². The van der Waals surface area contributed by atoms with Crippen LogP contribution in [0.15, 0.2) is 23.6 Å². The Morgan fingerprint density at radius 1 is 1.54 bits per heavy atom. The predicted octanol–water partition coefficient (Wildman–Crippen LogP) is 1.65. The highest BCUT2D eigenvalue weighted by Gasteiger charge is 2.57. The molecule has 0 bridgehead atoms. The molecule has 3 heterocycles. The highest BCUT2D eigenvalue weighted by atomic mass is 16.5. The van der Waals surface area contributed by atoms with Gasteiger partial charge in [-0.1, -0.05) is 19.4 Å². The van der Waals surface area contributed by atoms with E-state index in [1.54, 1.807) is 11.0 Å². The number of carbonyl (C=O) groups excluding carboxylic acids is 1. The van der Waals surface area contributed by atoms with E-state index >= 15 is 0 Å². The van der Waals surface area contributed by atoms with Gasteiger partial charge in [0.15, 0.2) is 17.2 Å². The first-order valence-electron chi connectivity index (χ1n) is 8.50. The number of ether oxygens (including phenoxy) is 2. The molecule has 1 saturated heterocycles. The van der Waals surface area contributed by atoms with E-state index in [2.05, 4.69) is 6.58 Å². The molecule has 140 valence electrons. The SMILES string of the molecule is C=C[C@@H]1CO[C@@]2(CCC)[C@H](C)n3cc(C(=O)O)c(=O)c(OC)c3C(=O)N12. The molecule has 8 nitrogen and oxygen atoms in total. The number of fused-ring (bicyclic) bond motifs is 2. The largest absolute Gasteiger partial charge is 0.491 e. The van der Waals surface area contributed by atoms with Gasteiger partial charge >= 0.3 is 5.97 Å². The second kappa shape index (κ2) is 6.28. The molecular weight excluding hydrogens is 340 g/mol. The Morgan fingerprint density at radius 3 is 2.77 bits per heavy atom. The molecule has 26 heavy (non-hydrogen) atoms. The maximum Gasteiger partial charge on any atom is 0.341 e. The molecule has 0 aromatic carbocycles. The molecule has 0 aliphatic carbocycles. The van der Waals surface area contributed by atoms with E-state index in [-0.39, 0.29) is 17.5 Å². The van der Waals surface area contributed by atoms with Gasteiger partial charge in [-0.3, -0.25) is 14.5 Å². The number of methoxy groups -OCH3 is 1. The maximum absolute atomic E-state index is 13.3. The van der Waals surface area contributed by atoms with Crippen molar-refractivity contribution in [3.63, 3.8) is 0 Å². The summed E-state index contributed by atoms with van der Waals surface area (Å²) in [5.41, 5.74) is -2.14. The fourth-order valence-electron chi connectivity index (χ4n) is 4.03. The lowest BCUT2D eigenvalue weighted by Gasteiger charge is -2.48. The van der Waals surface area contributed by atoms with Crippen molar-refractivity contribution in [1.29, 1.82) is 0 Å². The number of hydrogen-bond acceptors (Lipinski definition) is 5. The Balaban J connectivity index is 2.34. The maximum atomic E-state index is 13.3. The van der Waals surface area contributed by atoms with Gasteiger partial charge in [0.05, 0.1) is 25.8 Å². The fourth-order valence-corrected chi connectivity index (χ4v) is 4.03. The number of carboxylic acids is 1. The van der Waals surface area contributed by atoms with Crippen molar-refractivity contribution in [3.8, 4) is 5.75 Å². The average Bonchev–Trinajstić information content (AvgIpc) is 2.99. The molecule has 1 aromatic rings. The number of pyridine rings is 1. The second-order valence-corrected chi connectivity index (χ2v) is 6.53. The Bertz CT molecular complexity index is 845. The average molecular weight is 362 g/mol. The zero-order valence-electron chi connectivity index (χ0n) is 15.0. The zero-order valence-corrected chi connectivity index (χ0v) is 15.0. The monoisotopic (exact) mass is 362 g/mol. The molecular formula is C18H22N2O6. The van der Waals surface area contributed by atoms with Gasteiger partial charge in [0.1, 0.15) is 5.56 Å². The number of nitrogens with zero attached hydrogens (tertiary/aromatic N) is 2. The molecule has 2 aliphatic rings. The number of amides is 1. The lowest BCUT2D eigenvalue weighted by atomic mass is 9.92. The number of hydrogen-bond donors (Lipinski definition) is 1. The minimum atomic E-state index is -1.37. The summed E-state index contributed by atoms with van der Waals surface area (Å²) in [6.45, 7) is 7.92. The minimum absolute atomic E-state index is 0.0408. The number of rotatable bonds is 5. The number of carboxylic acid groups (broad SMARTS) is 1. The Kier molecular flexibility index (Phi) is 4.39. The highest BCUT2D eigenvalue weighted by Crippen LogP contribution is 2.46. The van der Waals surface area contributed by atoms with Crippen LogP contribution in [-0.2, 0) is 4.74 Å². The normalized spacial score (nSPS) is 27.0. The quantitative estimate of drug-likeness (QED) is 0.800. The van der Waals surface area contributed by atoms with Gasteiger partial charge < -0.3 is 19.1 Å². The topological polar surface area (TPSA) is 98.1 Å². The first-order valence-corrected chi connectivity index (χ1v) is 8.50. The third-order valence-electron chi connectivity index (χ3n) is 5.24. The highest BCUT2D eigenvalue weighted by molar-refractivity contribution is 5.98. The summed E-state index contributed by atoms with van der Waals surface area (Å²) in [7, 11) is 1.25. The lowest BCUT2D eigenvalue weighted by Crippen LogP contribution is -2.60. The smallest absolute Gasteiger partial charge is 0.341 e. The standard InChI is InChI=1S/C18H22N2O6/c1-5-7-18-10(3)19-8-12(17(23)24)14(21)15(25-4)13(19)16(22)20(18)11(6-2)9-26-18/h6,8,10-11H,2,5,7,9H2,1,3-4H3,(H,23,24)/t10-,11+,18-/m0/s1. The predicted molar refractivity (Wildman–Crippen MR) is 92.7 cm³/mol. The van der Waals surface area contributed by atoms with Gasteiger partial charge in [-0.25, -0.2) is 4.79 Å². The van der Waals surface area contributed by atoms with Crippen LogP contribution in [0.25, 0.3) is 0 Å². The van der Waals surface area contributed by atoms with Crippen LogP contribution in [0.2, 0.25) is 0 Å². The van der Waals surface area contributed by atoms with Crippen LogP contribution in [0.1, 0.15) is 53.6 Å². The Morgan fingerprint density at radius 2 is 2.23 bits per heavy atom. The van der Waals surface area contributed by atoms with Crippen molar-refractivity contribution in [2.75, 3.05) is 13.7 Å². The van der Waals surface area contributed by atoms with Crippen molar-refractivity contribution in [3.05, 3.63) is 40.3 Å². The van der Waals surface area contributed by atoms with Crippen LogP contribution in [0.5, 0.6) is 5.75 Å². The molecule has 0 saturated carbocycles. The first kappa shape index (κ1) is 18.2. The van der Waals surface area contributed by atoms with Crippen molar-refractivity contribution >= 4 is 11.9 Å². The lowest BCUT2D eigenvalue weighted by molar-refractivity contribution is -0.116. The Labute approximate surface area is 150 Å². The van der Waals surface area contributed by atoms with Gasteiger partial charge in [-0.2, -0.15) is 0 Å². The number of aromatic carboxylic acids is 1. The van der Waals surface area contributed by atoms with E-state index in [1.807, 2.05) is 13.8 Å². The molecule has 0 radical (unpaired) electrons. The molecule has 3 atom stereocenters. The van der Waals surface area contributed by atoms with Gasteiger partial charge in [-0.05, 0) is 13.3 Å². The molecule has 1 aromatic heterocycles. The van der Waals surface area contributed by atoms with Gasteiger partial charge in [-0.15, -0.1) is 6.58 Å². The van der Waals surface area contributed by atoms with E-state index in [0.29, 0.717) is 13.0 Å². The molecule has 0 spiro atoms. The van der Waals surface area contributed by atoms with E-state index in [9.17, 15) is 19.5 Å². The molecule has 0 unspecified atom stereocenters. The van der Waals surface area contributed by atoms with Crippen molar-refractivity contribution < 1.29 is 24.2 Å². The van der Waals surface area contributed by atoms with Crippen molar-refractivity contribution in [1.82, 2.24) is 9.47 Å². The summed E-state index contributed by atoms with van der Waals surface area (Å²) in [6.07, 6.45) is 4.19.